The third-order valence-corrected chi connectivity index (χ3v) is 4.80. The van der Waals surface area contributed by atoms with Gasteiger partial charge < -0.3 is 21.0 Å². The van der Waals surface area contributed by atoms with Crippen molar-refractivity contribution in [3.05, 3.63) is 11.1 Å². The van der Waals surface area contributed by atoms with Gasteiger partial charge in [-0.15, -0.1) is 11.3 Å². The summed E-state index contributed by atoms with van der Waals surface area (Å²) in [7, 11) is -4.68. The van der Waals surface area contributed by atoms with Gasteiger partial charge in [-0.3, -0.25) is 18.9 Å². The first-order valence-electron chi connectivity index (χ1n) is 7.32. The van der Waals surface area contributed by atoms with Crippen molar-refractivity contribution >= 4 is 50.3 Å². The zero-order valence-corrected chi connectivity index (χ0v) is 15.2. The number of carboxylic acids is 1. The van der Waals surface area contributed by atoms with Crippen molar-refractivity contribution in [2.75, 3.05) is 18.9 Å². The number of carbonyl (C=O) groups is 3. The lowest BCUT2D eigenvalue weighted by Crippen LogP contribution is -2.65. The maximum absolute atomic E-state index is 12.4. The number of aliphatic carboxylic acids is 1. The zero-order valence-electron chi connectivity index (χ0n) is 13.6. The second kappa shape index (κ2) is 8.28. The van der Waals surface area contributed by atoms with Crippen molar-refractivity contribution in [3.8, 4) is 0 Å². The monoisotopic (exact) mass is 421 g/mol. The Balaban J connectivity index is 2.04. The quantitative estimate of drug-likeness (QED) is 0.119. The van der Waals surface area contributed by atoms with E-state index < -0.39 is 40.7 Å². The van der Waals surface area contributed by atoms with Crippen LogP contribution in [0.15, 0.2) is 10.5 Å². The van der Waals surface area contributed by atoms with Crippen LogP contribution >= 0.6 is 11.3 Å². The van der Waals surface area contributed by atoms with Crippen LogP contribution in [0.4, 0.5) is 5.13 Å². The van der Waals surface area contributed by atoms with Gasteiger partial charge in [0.25, 0.3) is 11.8 Å². The van der Waals surface area contributed by atoms with Crippen molar-refractivity contribution in [2.45, 2.75) is 18.9 Å². The third-order valence-electron chi connectivity index (χ3n) is 3.24. The van der Waals surface area contributed by atoms with E-state index in [1.165, 1.54) is 5.38 Å². The van der Waals surface area contributed by atoms with Crippen LogP contribution in [0.1, 0.15) is 18.5 Å². The highest BCUT2D eigenvalue weighted by Crippen LogP contribution is 2.16. The Morgan fingerprint density at radius 3 is 2.74 bits per heavy atom. The summed E-state index contributed by atoms with van der Waals surface area (Å²) in [5, 5.41) is 16.0. The van der Waals surface area contributed by atoms with E-state index in [0.29, 0.717) is 0 Å². The minimum atomic E-state index is -4.68. The van der Waals surface area contributed by atoms with E-state index in [0.717, 1.165) is 11.3 Å². The fraction of sp³-hybridized carbons (Fsp3) is 0.417. The van der Waals surface area contributed by atoms with Gasteiger partial charge in [0, 0.05) is 11.8 Å². The molecule has 27 heavy (non-hydrogen) atoms. The number of β-lactam (4-membered cyclic amide) rings is 1. The number of hydrogen-bond acceptors (Lipinski definition) is 10. The average Bonchev–Trinajstić information content (AvgIpc) is 2.98. The number of hydrogen-bond donors (Lipinski definition) is 4. The van der Waals surface area contributed by atoms with Crippen LogP contribution < -0.4 is 11.1 Å². The molecule has 148 valence electrons. The molecule has 0 saturated carbocycles. The van der Waals surface area contributed by atoms with Crippen LogP contribution in [-0.4, -0.2) is 70.1 Å². The Bertz CT molecular complexity index is 880. The smallest absolute Gasteiger partial charge is 0.362 e. The summed E-state index contributed by atoms with van der Waals surface area (Å²) in [4.78, 5) is 43.3. The Hall–Kier alpha value is -2.78. The van der Waals surface area contributed by atoms with Crippen molar-refractivity contribution in [1.82, 2.24) is 14.6 Å². The third kappa shape index (κ3) is 5.35. The molecule has 1 aliphatic heterocycles. The predicted octanol–water partition coefficient (Wildman–Crippen LogP) is -1.56. The molecule has 15 heteroatoms. The van der Waals surface area contributed by atoms with Crippen LogP contribution in [-0.2, 0) is 29.5 Å². The zero-order chi connectivity index (χ0) is 20.2. The number of nitrogens with zero attached hydrogens (tertiary/aromatic N) is 3. The molecule has 1 aromatic rings. The number of carbonyl (C=O) groups excluding carboxylic acids is 2. The first kappa shape index (κ1) is 20.5. The van der Waals surface area contributed by atoms with Crippen LogP contribution in [0.25, 0.3) is 0 Å². The van der Waals surface area contributed by atoms with Crippen LogP contribution in [0.5, 0.6) is 0 Å². The van der Waals surface area contributed by atoms with Crippen molar-refractivity contribution < 1.29 is 37.3 Å². The summed E-state index contributed by atoms with van der Waals surface area (Å²) >= 11 is 1.03. The summed E-state index contributed by atoms with van der Waals surface area (Å²) in [5.41, 5.74) is 5.25. The second-order valence-electron chi connectivity index (χ2n) is 5.21. The van der Waals surface area contributed by atoms with Gasteiger partial charge in [-0.1, -0.05) is 5.16 Å². The highest BCUT2D eigenvalue weighted by molar-refractivity contribution is 7.84. The molecule has 0 spiro atoms. The van der Waals surface area contributed by atoms with Crippen LogP contribution in [0.3, 0.4) is 0 Å². The largest absolute Gasteiger partial charge is 0.481 e. The fourth-order valence-corrected chi connectivity index (χ4v) is 3.18. The Morgan fingerprint density at radius 1 is 1.52 bits per heavy atom. The SMILES string of the molecule is Nc1nc(C(=NOCCCC(=O)O)C(=O)N[C@H]2CN(S(=O)(=O)O)C2=O)cs1. The molecule has 1 atom stereocenters. The van der Waals surface area contributed by atoms with Gasteiger partial charge in [-0.25, -0.2) is 9.29 Å². The molecular weight excluding hydrogens is 406 g/mol. The molecule has 0 aromatic carbocycles. The lowest BCUT2D eigenvalue weighted by atomic mass is 10.1. The van der Waals surface area contributed by atoms with Gasteiger partial charge >= 0.3 is 16.3 Å². The normalized spacial score (nSPS) is 17.4. The summed E-state index contributed by atoms with van der Waals surface area (Å²) < 4.78 is 30.8. The fourth-order valence-electron chi connectivity index (χ4n) is 1.94. The maximum Gasteiger partial charge on any atom is 0.362 e. The van der Waals surface area contributed by atoms with Crippen molar-refractivity contribution in [3.63, 3.8) is 0 Å². The summed E-state index contributed by atoms with van der Waals surface area (Å²) in [6.45, 7) is -0.517. The van der Waals surface area contributed by atoms with Gasteiger partial charge in [0.1, 0.15) is 18.3 Å². The van der Waals surface area contributed by atoms with E-state index in [1.54, 1.807) is 0 Å². The molecule has 1 saturated heterocycles. The van der Waals surface area contributed by atoms with Crippen LogP contribution in [0, 0.1) is 0 Å². The van der Waals surface area contributed by atoms with E-state index in [-0.39, 0.29) is 40.3 Å². The molecule has 5 N–H and O–H groups in total. The number of nitrogens with two attached hydrogens (primary N) is 1. The standard InChI is InChI=1S/C12H15N5O8S2/c13-12-15-7(5-26-12)9(16-25-3-1-2-8(18)19)10(20)14-6-4-17(11(6)21)27(22,23)24/h5-6H,1-4H2,(H2,13,15)(H,14,20)(H,18,19)(H,22,23,24)/t6-/m0/s1. The predicted molar refractivity (Wildman–Crippen MR) is 91.1 cm³/mol. The molecular formula is C12H15N5O8S2. The summed E-state index contributed by atoms with van der Waals surface area (Å²) in [6, 6.07) is -1.17. The number of thiazole rings is 1. The molecule has 13 nitrogen and oxygen atoms in total. The molecule has 2 heterocycles. The van der Waals surface area contributed by atoms with E-state index in [4.69, 9.17) is 20.2 Å². The number of rotatable bonds is 9. The average molecular weight is 421 g/mol. The van der Waals surface area contributed by atoms with Gasteiger partial charge in [0.05, 0.1) is 6.54 Å². The summed E-state index contributed by atoms with van der Waals surface area (Å²) in [6.07, 6.45) is 0.000110. The van der Waals surface area contributed by atoms with Gasteiger partial charge in [0.15, 0.2) is 10.8 Å². The molecule has 2 rings (SSSR count). The van der Waals surface area contributed by atoms with Gasteiger partial charge in [-0.2, -0.15) is 8.42 Å². The molecule has 1 aromatic heterocycles. The van der Waals surface area contributed by atoms with Crippen molar-refractivity contribution in [2.24, 2.45) is 5.16 Å². The first-order valence-corrected chi connectivity index (χ1v) is 9.60. The topological polar surface area (TPSA) is 202 Å². The minimum absolute atomic E-state index is 0.0617. The van der Waals surface area contributed by atoms with Crippen LogP contribution in [0.2, 0.25) is 0 Å². The molecule has 0 radical (unpaired) electrons. The highest BCUT2D eigenvalue weighted by atomic mass is 32.2. The van der Waals surface area contributed by atoms with Crippen molar-refractivity contribution in [1.29, 1.82) is 0 Å². The minimum Gasteiger partial charge on any atom is -0.481 e. The van der Waals surface area contributed by atoms with E-state index >= 15 is 0 Å². The number of aromatic nitrogens is 1. The number of carboxylic acid groups (broad SMARTS) is 1. The van der Waals surface area contributed by atoms with Gasteiger partial charge in [0.2, 0.25) is 0 Å². The first-order chi connectivity index (χ1) is 12.6. The number of nitrogen functional groups attached to an aromatic ring is 1. The number of anilines is 1. The second-order valence-corrected chi connectivity index (χ2v) is 7.44. The summed E-state index contributed by atoms with van der Waals surface area (Å²) in [5.74, 6) is -2.91. The number of oxime groups is 1. The van der Waals surface area contributed by atoms with E-state index in [1.807, 2.05) is 0 Å². The highest BCUT2D eigenvalue weighted by Gasteiger charge is 2.45. The molecule has 0 unspecified atom stereocenters. The lowest BCUT2D eigenvalue weighted by Gasteiger charge is -2.35. The Kier molecular flexibility index (Phi) is 6.29. The molecule has 1 fully saturated rings. The molecule has 2 amide bonds. The van der Waals surface area contributed by atoms with Gasteiger partial charge in [-0.05, 0) is 6.42 Å². The molecule has 0 aliphatic carbocycles. The van der Waals surface area contributed by atoms with E-state index in [2.05, 4.69) is 15.5 Å². The lowest BCUT2D eigenvalue weighted by molar-refractivity contribution is -0.139. The maximum atomic E-state index is 12.4. The Labute approximate surface area is 156 Å². The Morgan fingerprint density at radius 2 is 2.22 bits per heavy atom. The number of amides is 2. The molecule has 1 aliphatic rings. The van der Waals surface area contributed by atoms with E-state index in [9.17, 15) is 22.8 Å². The molecule has 0 bridgehead atoms. The number of nitrogens with one attached hydrogen (secondary N) is 1.